The topological polar surface area (TPSA) is 84.4 Å². The minimum absolute atomic E-state index is 0.0845. The molecule has 3 rings (SSSR count). The molecule has 0 bridgehead atoms. The number of likely N-dealkylation sites (tertiary alicyclic amines) is 1. The van der Waals surface area contributed by atoms with Gasteiger partial charge in [-0.2, -0.15) is 0 Å². The fourth-order valence-electron chi connectivity index (χ4n) is 3.37. The monoisotopic (exact) mass is 382 g/mol. The van der Waals surface area contributed by atoms with Crippen LogP contribution >= 0.6 is 0 Å². The molecule has 0 saturated carbocycles. The number of para-hydroxylation sites is 1. The Morgan fingerprint density at radius 2 is 2.07 bits per heavy atom. The number of esters is 1. The highest BCUT2D eigenvalue weighted by Gasteiger charge is 2.24. The maximum atomic E-state index is 12.9. The van der Waals surface area contributed by atoms with Crippen LogP contribution in [0.3, 0.4) is 0 Å². The number of benzene rings is 1. The molecule has 1 amide bonds. The zero-order chi connectivity index (χ0) is 20.1. The number of aryl methyl sites for hydroxylation is 1. The number of anilines is 2. The van der Waals surface area contributed by atoms with Gasteiger partial charge in [0.1, 0.15) is 5.69 Å². The van der Waals surface area contributed by atoms with Gasteiger partial charge in [0.25, 0.3) is 5.91 Å². The van der Waals surface area contributed by atoms with Crippen molar-refractivity contribution in [2.24, 2.45) is 5.92 Å². The number of carbonyl (C=O) groups excluding carboxylic acids is 2. The summed E-state index contributed by atoms with van der Waals surface area (Å²) in [7, 11) is 0. The number of piperidine rings is 1. The summed E-state index contributed by atoms with van der Waals surface area (Å²) in [6.45, 7) is 7.53. The van der Waals surface area contributed by atoms with Gasteiger partial charge in [0, 0.05) is 18.8 Å². The summed E-state index contributed by atoms with van der Waals surface area (Å²) >= 11 is 0. The molecule has 1 aliphatic heterocycles. The second-order valence-corrected chi connectivity index (χ2v) is 7.11. The molecule has 1 unspecified atom stereocenters. The molecule has 0 radical (unpaired) electrons. The van der Waals surface area contributed by atoms with Crippen LogP contribution in [-0.4, -0.2) is 46.4 Å². The van der Waals surface area contributed by atoms with Gasteiger partial charge < -0.3 is 15.0 Å². The highest BCUT2D eigenvalue weighted by atomic mass is 16.5. The summed E-state index contributed by atoms with van der Waals surface area (Å²) in [5, 5.41) is 3.07. The maximum absolute atomic E-state index is 12.9. The van der Waals surface area contributed by atoms with Crippen molar-refractivity contribution in [3.63, 3.8) is 0 Å². The van der Waals surface area contributed by atoms with Gasteiger partial charge in [0.15, 0.2) is 0 Å². The fourth-order valence-corrected chi connectivity index (χ4v) is 3.37. The first-order chi connectivity index (χ1) is 13.5. The molecule has 148 valence electrons. The van der Waals surface area contributed by atoms with E-state index in [0.29, 0.717) is 35.2 Å². The van der Waals surface area contributed by atoms with E-state index in [2.05, 4.69) is 22.2 Å². The number of rotatable bonds is 5. The largest absolute Gasteiger partial charge is 0.462 e. The van der Waals surface area contributed by atoms with E-state index in [9.17, 15) is 9.59 Å². The van der Waals surface area contributed by atoms with Crippen molar-refractivity contribution >= 4 is 23.5 Å². The first-order valence-corrected chi connectivity index (χ1v) is 9.66. The second-order valence-electron chi connectivity index (χ2n) is 7.11. The van der Waals surface area contributed by atoms with Gasteiger partial charge in [-0.3, -0.25) is 4.79 Å². The Bertz CT molecular complexity index is 868. The molecule has 1 aliphatic rings. The third-order valence-electron chi connectivity index (χ3n) is 4.69. The predicted molar refractivity (Wildman–Crippen MR) is 107 cm³/mol. The molecule has 1 fully saturated rings. The molecule has 1 N–H and O–H groups in total. The third kappa shape index (κ3) is 4.65. The van der Waals surface area contributed by atoms with Crippen molar-refractivity contribution in [3.8, 4) is 0 Å². The third-order valence-corrected chi connectivity index (χ3v) is 4.69. The molecule has 2 aromatic rings. The number of carbonyl (C=O) groups is 2. The van der Waals surface area contributed by atoms with Crippen molar-refractivity contribution < 1.29 is 14.3 Å². The van der Waals surface area contributed by atoms with E-state index in [1.54, 1.807) is 31.2 Å². The number of amides is 1. The van der Waals surface area contributed by atoms with Crippen molar-refractivity contribution in [3.05, 3.63) is 47.3 Å². The van der Waals surface area contributed by atoms with Crippen LogP contribution in [0.15, 0.2) is 30.3 Å². The van der Waals surface area contributed by atoms with Crippen LogP contribution in [0.1, 0.15) is 53.2 Å². The standard InChI is InChI=1S/C21H26N4O3/c1-4-28-20(27)16-9-5-6-10-17(16)23-21-22-15(3)12-18(24-21)19(26)25-11-7-8-14(2)13-25/h5-6,9-10,12,14H,4,7-8,11,13H2,1-3H3,(H,22,23,24). The number of nitrogens with one attached hydrogen (secondary N) is 1. The molecule has 28 heavy (non-hydrogen) atoms. The normalized spacial score (nSPS) is 16.5. The lowest BCUT2D eigenvalue weighted by Crippen LogP contribution is -2.39. The van der Waals surface area contributed by atoms with Crippen LogP contribution in [-0.2, 0) is 4.74 Å². The molecule has 1 saturated heterocycles. The Morgan fingerprint density at radius 3 is 2.82 bits per heavy atom. The quantitative estimate of drug-likeness (QED) is 0.796. The minimum atomic E-state index is -0.420. The highest BCUT2D eigenvalue weighted by Crippen LogP contribution is 2.22. The molecule has 7 heteroatoms. The molecule has 7 nitrogen and oxygen atoms in total. The van der Waals surface area contributed by atoms with Crippen LogP contribution in [0.4, 0.5) is 11.6 Å². The number of hydrogen-bond acceptors (Lipinski definition) is 6. The molecular formula is C21H26N4O3. The summed E-state index contributed by atoms with van der Waals surface area (Å²) in [5.74, 6) is 0.274. The van der Waals surface area contributed by atoms with Gasteiger partial charge in [-0.25, -0.2) is 14.8 Å². The molecule has 1 atom stereocenters. The van der Waals surface area contributed by atoms with Gasteiger partial charge in [0.2, 0.25) is 5.95 Å². The number of hydrogen-bond donors (Lipinski definition) is 1. The SMILES string of the molecule is CCOC(=O)c1ccccc1Nc1nc(C)cc(C(=O)N2CCCC(C)C2)n1. The Labute approximate surface area is 165 Å². The number of nitrogens with zero attached hydrogens (tertiary/aromatic N) is 3. The summed E-state index contributed by atoms with van der Waals surface area (Å²) in [5.41, 5.74) is 1.97. The van der Waals surface area contributed by atoms with E-state index < -0.39 is 5.97 Å². The van der Waals surface area contributed by atoms with Gasteiger partial charge in [-0.05, 0) is 50.8 Å². The Kier molecular flexibility index (Phi) is 6.23. The summed E-state index contributed by atoms with van der Waals surface area (Å²) in [6.07, 6.45) is 2.15. The zero-order valence-electron chi connectivity index (χ0n) is 16.6. The van der Waals surface area contributed by atoms with E-state index in [4.69, 9.17) is 4.74 Å². The van der Waals surface area contributed by atoms with Crippen LogP contribution in [0, 0.1) is 12.8 Å². The Balaban J connectivity index is 1.85. The van der Waals surface area contributed by atoms with Crippen molar-refractivity contribution in [2.75, 3.05) is 25.0 Å². The van der Waals surface area contributed by atoms with E-state index in [-0.39, 0.29) is 11.9 Å². The lowest BCUT2D eigenvalue weighted by atomic mass is 10.00. The highest BCUT2D eigenvalue weighted by molar-refractivity contribution is 5.96. The van der Waals surface area contributed by atoms with E-state index in [1.165, 1.54) is 0 Å². The maximum Gasteiger partial charge on any atom is 0.340 e. The lowest BCUT2D eigenvalue weighted by Gasteiger charge is -2.30. The number of ether oxygens (including phenoxy) is 1. The lowest BCUT2D eigenvalue weighted by molar-refractivity contribution is 0.0527. The van der Waals surface area contributed by atoms with Gasteiger partial charge in [-0.15, -0.1) is 0 Å². The average molecular weight is 382 g/mol. The van der Waals surface area contributed by atoms with E-state index in [1.807, 2.05) is 17.9 Å². The van der Waals surface area contributed by atoms with Gasteiger partial charge in [-0.1, -0.05) is 19.1 Å². The van der Waals surface area contributed by atoms with E-state index in [0.717, 1.165) is 25.9 Å². The van der Waals surface area contributed by atoms with Crippen LogP contribution < -0.4 is 5.32 Å². The fraction of sp³-hybridized carbons (Fsp3) is 0.429. The Morgan fingerprint density at radius 1 is 1.29 bits per heavy atom. The summed E-state index contributed by atoms with van der Waals surface area (Å²) < 4.78 is 5.10. The molecule has 0 spiro atoms. The molecular weight excluding hydrogens is 356 g/mol. The van der Waals surface area contributed by atoms with Gasteiger partial charge >= 0.3 is 5.97 Å². The van der Waals surface area contributed by atoms with E-state index >= 15 is 0 Å². The first-order valence-electron chi connectivity index (χ1n) is 9.66. The minimum Gasteiger partial charge on any atom is -0.462 e. The first kappa shape index (κ1) is 19.8. The summed E-state index contributed by atoms with van der Waals surface area (Å²) in [6, 6.07) is 8.70. The summed E-state index contributed by atoms with van der Waals surface area (Å²) in [4.78, 5) is 35.7. The number of aromatic nitrogens is 2. The van der Waals surface area contributed by atoms with Crippen molar-refractivity contribution in [1.82, 2.24) is 14.9 Å². The zero-order valence-corrected chi connectivity index (χ0v) is 16.6. The smallest absolute Gasteiger partial charge is 0.340 e. The molecule has 2 heterocycles. The van der Waals surface area contributed by atoms with Crippen LogP contribution in [0.5, 0.6) is 0 Å². The second kappa shape index (κ2) is 8.82. The molecule has 1 aromatic carbocycles. The molecule has 1 aromatic heterocycles. The van der Waals surface area contributed by atoms with Gasteiger partial charge in [0.05, 0.1) is 17.9 Å². The average Bonchev–Trinajstić information content (AvgIpc) is 2.67. The molecule has 0 aliphatic carbocycles. The van der Waals surface area contributed by atoms with Crippen LogP contribution in [0.25, 0.3) is 0 Å². The van der Waals surface area contributed by atoms with Crippen molar-refractivity contribution in [1.29, 1.82) is 0 Å². The predicted octanol–water partition coefficient (Wildman–Crippen LogP) is 3.58. The Hall–Kier alpha value is -2.96. The van der Waals surface area contributed by atoms with Crippen LogP contribution in [0.2, 0.25) is 0 Å². The van der Waals surface area contributed by atoms with Crippen molar-refractivity contribution in [2.45, 2.75) is 33.6 Å².